The van der Waals surface area contributed by atoms with Gasteiger partial charge in [-0.05, 0) is 52.8 Å². The van der Waals surface area contributed by atoms with Crippen molar-refractivity contribution in [3.05, 3.63) is 58.7 Å². The zero-order valence-electron chi connectivity index (χ0n) is 12.1. The lowest BCUT2D eigenvalue weighted by Gasteiger charge is -2.07. The summed E-state index contributed by atoms with van der Waals surface area (Å²) in [5.74, 6) is 0. The average Bonchev–Trinajstić information content (AvgIpc) is 3.05. The van der Waals surface area contributed by atoms with Gasteiger partial charge < -0.3 is 10.3 Å². The van der Waals surface area contributed by atoms with Gasteiger partial charge in [-0.1, -0.05) is 24.6 Å². The Labute approximate surface area is 129 Å². The topological polar surface area (TPSA) is 30.9 Å². The third-order valence-corrected chi connectivity index (χ3v) is 5.53. The molecule has 2 nitrogen and oxygen atoms in total. The van der Waals surface area contributed by atoms with Crippen LogP contribution in [0.25, 0.3) is 10.1 Å². The number of benzene rings is 1. The number of nitrogens with zero attached hydrogens (tertiary/aromatic N) is 1. The molecule has 3 heteroatoms. The molecule has 108 valence electrons. The van der Waals surface area contributed by atoms with Crippen LogP contribution in [0.3, 0.4) is 0 Å². The fraction of sp³-hybridized carbons (Fsp3) is 0.333. The van der Waals surface area contributed by atoms with E-state index in [0.717, 1.165) is 13.0 Å². The molecular formula is C18H20N2S. The van der Waals surface area contributed by atoms with E-state index in [4.69, 9.17) is 5.73 Å². The van der Waals surface area contributed by atoms with Crippen molar-refractivity contribution in [2.45, 2.75) is 38.3 Å². The lowest BCUT2D eigenvalue weighted by atomic mass is 10.1. The zero-order valence-corrected chi connectivity index (χ0v) is 12.9. The van der Waals surface area contributed by atoms with Crippen molar-refractivity contribution in [3.63, 3.8) is 0 Å². The number of hydrogen-bond acceptors (Lipinski definition) is 2. The van der Waals surface area contributed by atoms with Crippen molar-refractivity contribution in [1.29, 1.82) is 0 Å². The van der Waals surface area contributed by atoms with Crippen molar-refractivity contribution < 1.29 is 0 Å². The predicted octanol–water partition coefficient (Wildman–Crippen LogP) is 4.48. The molecule has 0 amide bonds. The highest BCUT2D eigenvalue weighted by Crippen LogP contribution is 2.30. The summed E-state index contributed by atoms with van der Waals surface area (Å²) in [6.07, 6.45) is 9.42. The van der Waals surface area contributed by atoms with E-state index in [0.29, 0.717) is 0 Å². The van der Waals surface area contributed by atoms with Crippen LogP contribution in [0.4, 0.5) is 0 Å². The minimum Gasteiger partial charge on any atom is -0.349 e. The van der Waals surface area contributed by atoms with Gasteiger partial charge in [-0.2, -0.15) is 0 Å². The standard InChI is InChI=1S/C18H20N2S/c19-17-7-3-1-5-13-9-20(11-16(13)17)10-14-12-21-18-8-4-2-6-15(14)18/h2,4,6,8-9,11-12,17H,1,3,5,7,10,19H2. The predicted molar refractivity (Wildman–Crippen MR) is 89.8 cm³/mol. The summed E-state index contributed by atoms with van der Waals surface area (Å²) in [4.78, 5) is 0. The molecule has 3 aromatic rings. The van der Waals surface area contributed by atoms with Crippen LogP contribution in [-0.2, 0) is 13.0 Å². The molecule has 2 aromatic heterocycles. The fourth-order valence-electron chi connectivity index (χ4n) is 3.39. The normalized spacial score (nSPS) is 18.6. The molecular weight excluding hydrogens is 276 g/mol. The maximum atomic E-state index is 6.31. The van der Waals surface area contributed by atoms with Crippen LogP contribution in [0.2, 0.25) is 0 Å². The first-order valence-electron chi connectivity index (χ1n) is 7.70. The summed E-state index contributed by atoms with van der Waals surface area (Å²) in [5, 5.41) is 3.67. The Morgan fingerprint density at radius 1 is 1.19 bits per heavy atom. The molecule has 0 fully saturated rings. The Kier molecular flexibility index (Phi) is 3.32. The van der Waals surface area contributed by atoms with Crippen LogP contribution in [0.1, 0.15) is 42.0 Å². The van der Waals surface area contributed by atoms with Gasteiger partial charge in [0.25, 0.3) is 0 Å². The van der Waals surface area contributed by atoms with Gasteiger partial charge in [-0.3, -0.25) is 0 Å². The Morgan fingerprint density at radius 3 is 3.05 bits per heavy atom. The van der Waals surface area contributed by atoms with Crippen molar-refractivity contribution in [3.8, 4) is 0 Å². The third-order valence-electron chi connectivity index (χ3n) is 4.52. The summed E-state index contributed by atoms with van der Waals surface area (Å²) < 4.78 is 3.70. The number of hydrogen-bond donors (Lipinski definition) is 1. The average molecular weight is 296 g/mol. The van der Waals surface area contributed by atoms with E-state index in [1.54, 1.807) is 0 Å². The fourth-order valence-corrected chi connectivity index (χ4v) is 4.35. The Hall–Kier alpha value is -1.58. The summed E-state index contributed by atoms with van der Waals surface area (Å²) in [6.45, 7) is 0.948. The number of aryl methyl sites for hydroxylation is 1. The van der Waals surface area contributed by atoms with E-state index >= 15 is 0 Å². The van der Waals surface area contributed by atoms with Crippen LogP contribution in [-0.4, -0.2) is 4.57 Å². The van der Waals surface area contributed by atoms with E-state index in [1.807, 2.05) is 11.3 Å². The van der Waals surface area contributed by atoms with Gasteiger partial charge in [0.1, 0.15) is 0 Å². The number of fused-ring (bicyclic) bond motifs is 2. The third kappa shape index (κ3) is 2.41. The summed E-state index contributed by atoms with van der Waals surface area (Å²) >= 11 is 1.83. The molecule has 21 heavy (non-hydrogen) atoms. The molecule has 2 N–H and O–H groups in total. The highest BCUT2D eigenvalue weighted by atomic mass is 32.1. The number of rotatable bonds is 2. The lowest BCUT2D eigenvalue weighted by molar-refractivity contribution is 0.610. The molecule has 2 heterocycles. The Balaban J connectivity index is 1.67. The smallest absolute Gasteiger partial charge is 0.0484 e. The van der Waals surface area contributed by atoms with Gasteiger partial charge in [0.15, 0.2) is 0 Å². The van der Waals surface area contributed by atoms with E-state index in [1.165, 1.54) is 46.0 Å². The van der Waals surface area contributed by atoms with Crippen LogP contribution in [0, 0.1) is 0 Å². The van der Waals surface area contributed by atoms with E-state index in [-0.39, 0.29) is 6.04 Å². The second-order valence-corrected chi connectivity index (χ2v) is 6.93. The van der Waals surface area contributed by atoms with Gasteiger partial charge in [0, 0.05) is 29.7 Å². The van der Waals surface area contributed by atoms with Gasteiger partial charge in [0.05, 0.1) is 0 Å². The van der Waals surface area contributed by atoms with Crippen molar-refractivity contribution in [2.75, 3.05) is 0 Å². The molecule has 1 aromatic carbocycles. The first kappa shape index (κ1) is 13.1. The van der Waals surface area contributed by atoms with E-state index in [2.05, 4.69) is 46.6 Å². The summed E-state index contributed by atoms with van der Waals surface area (Å²) in [5.41, 5.74) is 10.5. The van der Waals surface area contributed by atoms with Crippen molar-refractivity contribution in [1.82, 2.24) is 4.57 Å². The first-order chi connectivity index (χ1) is 10.3. The Bertz CT molecular complexity index is 768. The maximum Gasteiger partial charge on any atom is 0.0484 e. The van der Waals surface area contributed by atoms with Gasteiger partial charge in [-0.25, -0.2) is 0 Å². The molecule has 0 saturated carbocycles. The molecule has 1 aliphatic carbocycles. The minimum atomic E-state index is 0.225. The highest BCUT2D eigenvalue weighted by Gasteiger charge is 2.17. The van der Waals surface area contributed by atoms with Gasteiger partial charge in [0.2, 0.25) is 0 Å². The molecule has 1 aliphatic rings. The van der Waals surface area contributed by atoms with Crippen molar-refractivity contribution >= 4 is 21.4 Å². The SMILES string of the molecule is NC1CCCCc2cn(Cc3csc4ccccc34)cc21. The van der Waals surface area contributed by atoms with Crippen LogP contribution in [0.15, 0.2) is 42.0 Å². The zero-order chi connectivity index (χ0) is 14.2. The van der Waals surface area contributed by atoms with Gasteiger partial charge in [-0.15, -0.1) is 11.3 Å². The molecule has 4 rings (SSSR count). The number of thiophene rings is 1. The van der Waals surface area contributed by atoms with Crippen LogP contribution in [0.5, 0.6) is 0 Å². The molecule has 1 atom stereocenters. The lowest BCUT2D eigenvalue weighted by Crippen LogP contribution is -2.09. The molecule has 0 spiro atoms. The Morgan fingerprint density at radius 2 is 2.10 bits per heavy atom. The molecule has 0 aliphatic heterocycles. The molecule has 0 radical (unpaired) electrons. The second-order valence-electron chi connectivity index (χ2n) is 6.02. The second kappa shape index (κ2) is 5.32. The molecule has 0 saturated heterocycles. The van der Waals surface area contributed by atoms with Crippen LogP contribution >= 0.6 is 11.3 Å². The summed E-state index contributed by atoms with van der Waals surface area (Å²) in [7, 11) is 0. The largest absolute Gasteiger partial charge is 0.349 e. The number of aromatic nitrogens is 1. The first-order valence-corrected chi connectivity index (χ1v) is 8.58. The number of nitrogens with two attached hydrogens (primary N) is 1. The summed E-state index contributed by atoms with van der Waals surface area (Å²) in [6, 6.07) is 8.88. The highest BCUT2D eigenvalue weighted by molar-refractivity contribution is 7.17. The monoisotopic (exact) mass is 296 g/mol. The maximum absolute atomic E-state index is 6.31. The molecule has 1 unspecified atom stereocenters. The quantitative estimate of drug-likeness (QED) is 0.695. The minimum absolute atomic E-state index is 0.225. The van der Waals surface area contributed by atoms with Crippen LogP contribution < -0.4 is 5.73 Å². The van der Waals surface area contributed by atoms with E-state index < -0.39 is 0 Å². The van der Waals surface area contributed by atoms with E-state index in [9.17, 15) is 0 Å². The molecule has 0 bridgehead atoms. The van der Waals surface area contributed by atoms with Crippen molar-refractivity contribution in [2.24, 2.45) is 5.73 Å². The van der Waals surface area contributed by atoms with Gasteiger partial charge >= 0.3 is 0 Å².